The molecule has 0 aliphatic carbocycles. The highest BCUT2D eigenvalue weighted by Crippen LogP contribution is 2.30. The van der Waals surface area contributed by atoms with Crippen LogP contribution in [0.3, 0.4) is 0 Å². The van der Waals surface area contributed by atoms with E-state index in [1.165, 1.54) is 6.42 Å². The number of hydrogen-bond donors (Lipinski definition) is 5. The summed E-state index contributed by atoms with van der Waals surface area (Å²) in [5.74, 6) is 8.14. The van der Waals surface area contributed by atoms with Crippen LogP contribution in [0.5, 0.6) is 0 Å². The molecular weight excluding hydrogens is 649 g/mol. The van der Waals surface area contributed by atoms with E-state index in [0.717, 1.165) is 89.5 Å². The van der Waals surface area contributed by atoms with Gasteiger partial charge in [0.05, 0.1) is 29.8 Å². The number of imidazole rings is 2. The van der Waals surface area contributed by atoms with Crippen LogP contribution in [0.25, 0.3) is 22.5 Å². The van der Waals surface area contributed by atoms with Gasteiger partial charge in [-0.25, -0.2) is 9.97 Å². The van der Waals surface area contributed by atoms with Gasteiger partial charge in [-0.15, -0.1) is 0 Å². The van der Waals surface area contributed by atoms with Crippen LogP contribution in [0.4, 0.5) is 0 Å². The smallest absolute Gasteiger partial charge is 0.247 e. The van der Waals surface area contributed by atoms with E-state index in [-0.39, 0.29) is 11.8 Å². The van der Waals surface area contributed by atoms with Gasteiger partial charge in [0.15, 0.2) is 0 Å². The molecule has 10 nitrogen and oxygen atoms in total. The van der Waals surface area contributed by atoms with Crippen LogP contribution in [0.2, 0.25) is 0 Å². The Kier molecular flexibility index (Phi) is 12.7. The molecule has 6 rings (SSSR count). The molecule has 52 heavy (non-hydrogen) atoms. The van der Waals surface area contributed by atoms with E-state index in [9.17, 15) is 9.59 Å². The van der Waals surface area contributed by atoms with Crippen LogP contribution in [-0.2, 0) is 16.0 Å². The molecule has 3 aromatic carbocycles. The van der Waals surface area contributed by atoms with E-state index < -0.39 is 6.04 Å². The van der Waals surface area contributed by atoms with Crippen LogP contribution in [0, 0.1) is 11.8 Å². The largest absolute Gasteiger partial charge is 0.354 e. The van der Waals surface area contributed by atoms with Crippen molar-refractivity contribution < 1.29 is 9.59 Å². The molecule has 2 aromatic heterocycles. The highest BCUT2D eigenvalue weighted by molar-refractivity contribution is 5.88. The molecule has 10 heteroatoms. The number of likely N-dealkylation sites (tertiary alicyclic amines) is 1. The number of aryl methyl sites for hydroxylation is 1. The van der Waals surface area contributed by atoms with Crippen molar-refractivity contribution in [3.05, 3.63) is 120 Å². The second kappa shape index (κ2) is 18.1. The van der Waals surface area contributed by atoms with Gasteiger partial charge < -0.3 is 26.3 Å². The minimum atomic E-state index is -0.728. The zero-order valence-corrected chi connectivity index (χ0v) is 29.8. The highest BCUT2D eigenvalue weighted by atomic mass is 16.2. The van der Waals surface area contributed by atoms with Crippen molar-refractivity contribution in [2.75, 3.05) is 26.7 Å². The maximum Gasteiger partial charge on any atom is 0.247 e. The van der Waals surface area contributed by atoms with Gasteiger partial charge in [-0.2, -0.15) is 0 Å². The van der Waals surface area contributed by atoms with Crippen molar-refractivity contribution in [2.24, 2.45) is 5.73 Å². The Labute approximate surface area is 306 Å². The zero-order chi connectivity index (χ0) is 36.1. The summed E-state index contributed by atoms with van der Waals surface area (Å²) < 4.78 is 0. The molecule has 268 valence electrons. The molecule has 1 fully saturated rings. The van der Waals surface area contributed by atoms with Crippen LogP contribution in [-0.4, -0.2) is 63.3 Å². The van der Waals surface area contributed by atoms with Gasteiger partial charge in [0, 0.05) is 30.5 Å². The van der Waals surface area contributed by atoms with Crippen molar-refractivity contribution >= 4 is 11.8 Å². The van der Waals surface area contributed by atoms with E-state index in [2.05, 4.69) is 78.6 Å². The van der Waals surface area contributed by atoms with Crippen molar-refractivity contribution in [1.82, 2.24) is 35.5 Å². The lowest BCUT2D eigenvalue weighted by Gasteiger charge is -2.19. The zero-order valence-electron chi connectivity index (χ0n) is 29.8. The number of aromatic amines is 2. The number of nitrogens with one attached hydrogen (secondary N) is 4. The van der Waals surface area contributed by atoms with Crippen LogP contribution in [0.15, 0.2) is 91.3 Å². The number of amides is 2. The number of carbonyl (C=O) groups is 2. The first-order valence-electron chi connectivity index (χ1n) is 18.3. The first kappa shape index (κ1) is 36.3. The number of aromatic nitrogens is 4. The van der Waals surface area contributed by atoms with Gasteiger partial charge in [-0.3, -0.25) is 14.5 Å². The molecule has 6 N–H and O–H groups in total. The maximum atomic E-state index is 13.1. The fourth-order valence-electron chi connectivity index (χ4n) is 6.50. The minimum absolute atomic E-state index is 0.151. The normalized spacial score (nSPS) is 14.8. The minimum Gasteiger partial charge on any atom is -0.354 e. The summed E-state index contributed by atoms with van der Waals surface area (Å²) in [5.41, 5.74) is 12.3. The van der Waals surface area contributed by atoms with Gasteiger partial charge in [-0.1, -0.05) is 66.4 Å². The highest BCUT2D eigenvalue weighted by Gasteiger charge is 2.25. The Hall–Kier alpha value is -5.50. The van der Waals surface area contributed by atoms with Gasteiger partial charge in [-0.05, 0) is 99.6 Å². The molecule has 5 aromatic rings. The fraction of sp³-hybridized carbons (Fsp3) is 0.333. The van der Waals surface area contributed by atoms with E-state index in [0.29, 0.717) is 32.0 Å². The summed E-state index contributed by atoms with van der Waals surface area (Å²) in [6.07, 6.45) is 10.4. The number of nitrogens with two attached hydrogens (primary N) is 1. The second-order valence-corrected chi connectivity index (χ2v) is 13.4. The summed E-state index contributed by atoms with van der Waals surface area (Å²) in [6.45, 7) is 2.17. The summed E-state index contributed by atoms with van der Waals surface area (Å²) in [7, 11) is 2.16. The number of hydrogen-bond acceptors (Lipinski definition) is 6. The number of benzene rings is 3. The third-order valence-electron chi connectivity index (χ3n) is 9.50. The molecule has 2 atom stereocenters. The first-order valence-corrected chi connectivity index (χ1v) is 18.3. The van der Waals surface area contributed by atoms with Crippen molar-refractivity contribution in [3.8, 4) is 34.4 Å². The Morgan fingerprint density at radius 1 is 0.865 bits per heavy atom. The predicted molar refractivity (Wildman–Crippen MR) is 205 cm³/mol. The topological polar surface area (TPSA) is 145 Å². The van der Waals surface area contributed by atoms with Crippen molar-refractivity contribution in [3.63, 3.8) is 0 Å². The quantitative estimate of drug-likeness (QED) is 0.0665. The average molecular weight is 697 g/mol. The Morgan fingerprint density at radius 2 is 1.54 bits per heavy atom. The lowest BCUT2D eigenvalue weighted by Crippen LogP contribution is -2.40. The fourth-order valence-corrected chi connectivity index (χ4v) is 6.50. The third kappa shape index (κ3) is 9.84. The van der Waals surface area contributed by atoms with Gasteiger partial charge in [0.1, 0.15) is 17.7 Å². The Bertz CT molecular complexity index is 1950. The van der Waals surface area contributed by atoms with E-state index in [4.69, 9.17) is 5.73 Å². The predicted octanol–water partition coefficient (Wildman–Crippen LogP) is 6.06. The lowest BCUT2D eigenvalue weighted by molar-refractivity contribution is -0.129. The average Bonchev–Trinajstić information content (AvgIpc) is 3.95. The lowest BCUT2D eigenvalue weighted by atomic mass is 10.1. The van der Waals surface area contributed by atoms with Gasteiger partial charge in [0.2, 0.25) is 11.8 Å². The van der Waals surface area contributed by atoms with Crippen molar-refractivity contribution in [2.45, 2.75) is 63.5 Å². The molecule has 0 spiro atoms. The summed E-state index contributed by atoms with van der Waals surface area (Å²) in [6, 6.07) is 25.4. The number of nitrogens with zero attached hydrogens (tertiary/aromatic N) is 3. The Balaban J connectivity index is 0.949. The van der Waals surface area contributed by atoms with E-state index in [1.54, 1.807) is 0 Å². The molecule has 2 unspecified atom stereocenters. The third-order valence-corrected chi connectivity index (χ3v) is 9.50. The molecule has 0 bridgehead atoms. The maximum absolute atomic E-state index is 13.1. The number of H-pyrrole nitrogens is 2. The number of carbonyl (C=O) groups excluding carboxylic acids is 2. The second-order valence-electron chi connectivity index (χ2n) is 13.4. The van der Waals surface area contributed by atoms with Crippen molar-refractivity contribution in [1.29, 1.82) is 0 Å². The van der Waals surface area contributed by atoms with Crippen LogP contribution < -0.4 is 16.4 Å². The van der Waals surface area contributed by atoms with Gasteiger partial charge >= 0.3 is 0 Å². The molecule has 2 amide bonds. The molecule has 0 saturated carbocycles. The summed E-state index contributed by atoms with van der Waals surface area (Å²) >= 11 is 0. The van der Waals surface area contributed by atoms with E-state index >= 15 is 0 Å². The number of unbranched alkanes of at least 4 members (excludes halogenated alkanes) is 2. The molecule has 1 aliphatic heterocycles. The molecule has 0 radical (unpaired) electrons. The molecule has 3 heterocycles. The SMILES string of the molecule is CN1CCCC1c1ncc(-c2ccc(C#Cc3ccc(-c4cnc(CCCCNC(=O)C(NC(=O)CCCCN)c5ccccc5)[nH]4)cc3)cc2)[nH]1. The monoisotopic (exact) mass is 696 g/mol. The molecule has 1 saturated heterocycles. The summed E-state index contributed by atoms with van der Waals surface area (Å²) in [4.78, 5) is 44.1. The Morgan fingerprint density at radius 3 is 2.19 bits per heavy atom. The molecular formula is C42H48N8O2. The van der Waals surface area contributed by atoms with Gasteiger partial charge in [0.25, 0.3) is 0 Å². The first-order chi connectivity index (χ1) is 25.5. The van der Waals surface area contributed by atoms with E-state index in [1.807, 2.05) is 67.0 Å². The standard InChI is InChI=1S/C42H48N8O2/c1-50-27-9-12-37(50)41-46-29-36(48-41)33-23-19-31(20-24-33)16-15-30-17-21-32(22-18-30)35-28-45-38(47-35)13-6-8-26-44-42(52)40(34-10-3-2-4-11-34)49-39(51)14-5-7-25-43/h2-4,10-11,17-24,28-29,37,40H,5-9,12-14,25-27,43H2,1H3,(H,44,52)(H,45,47)(H,46,48)(H,49,51). The van der Waals surface area contributed by atoms with Crippen LogP contribution in [0.1, 0.15) is 85.4 Å². The molecule has 1 aliphatic rings. The van der Waals surface area contributed by atoms with Crippen LogP contribution >= 0.6 is 0 Å². The summed E-state index contributed by atoms with van der Waals surface area (Å²) in [5, 5.41) is 5.89. The number of rotatable bonds is 15.